The molecule has 152 valence electrons. The maximum Gasteiger partial charge on any atom is 0.225 e. The Bertz CT molecular complexity index is 1010. The molecule has 6 nitrogen and oxygen atoms in total. The van der Waals surface area contributed by atoms with Crippen molar-refractivity contribution in [2.24, 2.45) is 13.0 Å². The normalized spacial score (nSPS) is 16.9. The van der Waals surface area contributed by atoms with E-state index >= 15 is 0 Å². The summed E-state index contributed by atoms with van der Waals surface area (Å²) in [6, 6.07) is 10.5. The van der Waals surface area contributed by atoms with Crippen molar-refractivity contribution in [3.05, 3.63) is 53.3 Å². The van der Waals surface area contributed by atoms with E-state index in [4.69, 9.17) is 0 Å². The first-order chi connectivity index (χ1) is 14.1. The molecule has 1 saturated heterocycles. The highest BCUT2D eigenvalue weighted by Gasteiger charge is 2.28. The second-order valence-electron chi connectivity index (χ2n) is 7.91. The molecular weight excluding hydrogens is 362 g/mol. The van der Waals surface area contributed by atoms with E-state index in [2.05, 4.69) is 51.5 Å². The first kappa shape index (κ1) is 19.4. The van der Waals surface area contributed by atoms with Crippen LogP contribution in [-0.4, -0.2) is 33.8 Å². The Morgan fingerprint density at radius 2 is 1.97 bits per heavy atom. The number of pyridine rings is 1. The molecule has 0 saturated carbocycles. The third kappa shape index (κ3) is 3.97. The molecule has 29 heavy (non-hydrogen) atoms. The van der Waals surface area contributed by atoms with Gasteiger partial charge in [0.05, 0.1) is 11.6 Å². The van der Waals surface area contributed by atoms with Gasteiger partial charge in [-0.2, -0.15) is 5.10 Å². The van der Waals surface area contributed by atoms with E-state index in [0.29, 0.717) is 13.1 Å². The number of fused-ring (bicyclic) bond motifs is 1. The van der Waals surface area contributed by atoms with Gasteiger partial charge >= 0.3 is 0 Å². The number of amides is 1. The first-order valence-electron chi connectivity index (χ1n) is 10.5. The van der Waals surface area contributed by atoms with Crippen molar-refractivity contribution in [3.63, 3.8) is 0 Å². The number of nitrogens with one attached hydrogen (secondary N) is 1. The van der Waals surface area contributed by atoms with Gasteiger partial charge in [-0.3, -0.25) is 9.48 Å². The van der Waals surface area contributed by atoms with Crippen molar-refractivity contribution in [2.75, 3.05) is 18.0 Å². The molecule has 1 atom stereocenters. The maximum atomic E-state index is 12.8. The highest BCUT2D eigenvalue weighted by molar-refractivity contribution is 5.91. The fourth-order valence-electron chi connectivity index (χ4n) is 4.22. The molecule has 0 aliphatic carbocycles. The summed E-state index contributed by atoms with van der Waals surface area (Å²) < 4.78 is 1.90. The minimum Gasteiger partial charge on any atom is -0.354 e. The van der Waals surface area contributed by atoms with Crippen LogP contribution in [0.1, 0.15) is 36.6 Å². The molecular formula is C23H29N5O. The van der Waals surface area contributed by atoms with Gasteiger partial charge in [0.2, 0.25) is 5.91 Å². The number of carbonyl (C=O) groups excluding carboxylic acids is 1. The third-order valence-electron chi connectivity index (χ3n) is 5.91. The highest BCUT2D eigenvalue weighted by Crippen LogP contribution is 2.29. The van der Waals surface area contributed by atoms with Crippen molar-refractivity contribution in [1.82, 2.24) is 20.1 Å². The summed E-state index contributed by atoms with van der Waals surface area (Å²) in [5.41, 5.74) is 4.50. The second-order valence-corrected chi connectivity index (χ2v) is 7.91. The van der Waals surface area contributed by atoms with E-state index in [-0.39, 0.29) is 11.8 Å². The number of hydrogen-bond acceptors (Lipinski definition) is 4. The van der Waals surface area contributed by atoms with E-state index in [1.807, 2.05) is 30.9 Å². The molecule has 1 fully saturated rings. The zero-order chi connectivity index (χ0) is 20.4. The third-order valence-corrected chi connectivity index (χ3v) is 5.91. The Kier molecular flexibility index (Phi) is 5.51. The van der Waals surface area contributed by atoms with Crippen molar-refractivity contribution in [2.45, 2.75) is 39.7 Å². The van der Waals surface area contributed by atoms with Crippen LogP contribution in [0.3, 0.4) is 0 Å². The molecule has 0 radical (unpaired) electrons. The molecule has 3 aromatic rings. The van der Waals surface area contributed by atoms with Crippen molar-refractivity contribution < 1.29 is 4.79 Å². The summed E-state index contributed by atoms with van der Waals surface area (Å²) >= 11 is 0. The quantitative estimate of drug-likeness (QED) is 0.724. The van der Waals surface area contributed by atoms with Crippen molar-refractivity contribution >= 4 is 22.6 Å². The lowest BCUT2D eigenvalue weighted by molar-refractivity contribution is -0.125. The lowest BCUT2D eigenvalue weighted by atomic mass is 9.96. The molecule has 0 spiro atoms. The summed E-state index contributed by atoms with van der Waals surface area (Å²) in [7, 11) is 1.96. The molecule has 3 heterocycles. The number of nitrogens with zero attached hydrogens (tertiary/aromatic N) is 4. The van der Waals surface area contributed by atoms with Crippen LogP contribution in [0.15, 0.2) is 36.5 Å². The first-order valence-corrected chi connectivity index (χ1v) is 10.5. The number of carbonyl (C=O) groups is 1. The van der Waals surface area contributed by atoms with Crippen molar-refractivity contribution in [3.8, 4) is 0 Å². The van der Waals surface area contributed by atoms with E-state index in [1.165, 1.54) is 5.56 Å². The van der Waals surface area contributed by atoms with Crippen LogP contribution < -0.4 is 10.2 Å². The standard InChI is InChI=1S/C23H29N5O/c1-4-17-7-9-18(10-8-17)14-25-23(29)19-6-5-13-28(15-19)22-21-20(11-12-24-22)16(2)26-27(21)3/h7-12,19H,4-6,13-15H2,1-3H3,(H,25,29)/t19-/m1/s1. The summed E-state index contributed by atoms with van der Waals surface area (Å²) in [6.07, 6.45) is 4.77. The molecule has 4 rings (SSSR count). The van der Waals surface area contributed by atoms with E-state index < -0.39 is 0 Å². The van der Waals surface area contributed by atoms with Crippen molar-refractivity contribution in [1.29, 1.82) is 0 Å². The highest BCUT2D eigenvalue weighted by atomic mass is 16.1. The molecule has 1 amide bonds. The van der Waals surface area contributed by atoms with Crippen LogP contribution in [0.5, 0.6) is 0 Å². The number of rotatable bonds is 5. The van der Waals surface area contributed by atoms with Gasteiger partial charge in [-0.15, -0.1) is 0 Å². The SMILES string of the molecule is CCc1ccc(CNC(=O)[C@@H]2CCCN(c3nccc4c(C)nn(C)c34)C2)cc1. The monoisotopic (exact) mass is 391 g/mol. The predicted octanol–water partition coefficient (Wildman–Crippen LogP) is 3.37. The maximum absolute atomic E-state index is 12.8. The lowest BCUT2D eigenvalue weighted by Gasteiger charge is -2.33. The summed E-state index contributed by atoms with van der Waals surface area (Å²) in [6.45, 7) is 6.35. The topological polar surface area (TPSA) is 63.1 Å². The molecule has 0 bridgehead atoms. The van der Waals surface area contributed by atoms with Gasteiger partial charge in [0.25, 0.3) is 0 Å². The van der Waals surface area contributed by atoms with Crippen LogP contribution in [0.2, 0.25) is 0 Å². The molecule has 2 aromatic heterocycles. The van der Waals surface area contributed by atoms with Gasteiger partial charge < -0.3 is 10.2 Å². The second kappa shape index (κ2) is 8.23. The Labute approximate surface area is 171 Å². The van der Waals surface area contributed by atoms with Gasteiger partial charge in [-0.25, -0.2) is 4.98 Å². The van der Waals surface area contributed by atoms with E-state index in [0.717, 1.165) is 53.8 Å². The molecule has 1 aromatic carbocycles. The van der Waals surface area contributed by atoms with Crippen LogP contribution in [0, 0.1) is 12.8 Å². The van der Waals surface area contributed by atoms with Crippen LogP contribution in [0.4, 0.5) is 5.82 Å². The number of aromatic nitrogens is 3. The fourth-order valence-corrected chi connectivity index (χ4v) is 4.22. The van der Waals surface area contributed by atoms with Gasteiger partial charge in [0.1, 0.15) is 5.52 Å². The number of anilines is 1. The van der Waals surface area contributed by atoms with Crippen LogP contribution in [0.25, 0.3) is 10.9 Å². The van der Waals surface area contributed by atoms with Gasteiger partial charge in [0.15, 0.2) is 5.82 Å². The Morgan fingerprint density at radius 3 is 2.72 bits per heavy atom. The Balaban J connectivity index is 1.45. The average molecular weight is 392 g/mol. The minimum atomic E-state index is -0.0231. The van der Waals surface area contributed by atoms with Gasteiger partial charge in [-0.1, -0.05) is 31.2 Å². The fraction of sp³-hybridized carbons (Fsp3) is 0.435. The van der Waals surface area contributed by atoms with E-state index in [9.17, 15) is 4.79 Å². The zero-order valence-corrected chi connectivity index (χ0v) is 17.5. The molecule has 1 aliphatic rings. The molecule has 0 unspecified atom stereocenters. The Hall–Kier alpha value is -2.89. The number of piperidine rings is 1. The van der Waals surface area contributed by atoms with E-state index in [1.54, 1.807) is 0 Å². The lowest BCUT2D eigenvalue weighted by Crippen LogP contribution is -2.43. The smallest absolute Gasteiger partial charge is 0.225 e. The molecule has 1 aliphatic heterocycles. The number of aryl methyl sites for hydroxylation is 3. The summed E-state index contributed by atoms with van der Waals surface area (Å²) in [4.78, 5) is 19.7. The number of hydrogen-bond donors (Lipinski definition) is 1. The average Bonchev–Trinajstić information content (AvgIpc) is 3.06. The molecule has 1 N–H and O–H groups in total. The van der Waals surface area contributed by atoms with Crippen LogP contribution >= 0.6 is 0 Å². The predicted molar refractivity (Wildman–Crippen MR) is 116 cm³/mol. The van der Waals surface area contributed by atoms with Gasteiger partial charge in [-0.05, 0) is 43.4 Å². The number of benzene rings is 1. The summed E-state index contributed by atoms with van der Waals surface area (Å²) in [5.74, 6) is 1.03. The Morgan fingerprint density at radius 1 is 1.21 bits per heavy atom. The zero-order valence-electron chi connectivity index (χ0n) is 17.5. The largest absolute Gasteiger partial charge is 0.354 e. The molecule has 6 heteroatoms. The summed E-state index contributed by atoms with van der Waals surface area (Å²) in [5, 5.41) is 8.80. The van der Waals surface area contributed by atoms with Crippen LogP contribution in [-0.2, 0) is 24.8 Å². The minimum absolute atomic E-state index is 0.0231. The van der Waals surface area contributed by atoms with Gasteiger partial charge in [0, 0.05) is 38.3 Å².